The average Bonchev–Trinajstić information content (AvgIpc) is 2.27. The predicted octanol–water partition coefficient (Wildman–Crippen LogP) is 2.01. The van der Waals surface area contributed by atoms with Crippen molar-refractivity contribution in [3.63, 3.8) is 0 Å². The Morgan fingerprint density at radius 2 is 1.94 bits per heavy atom. The predicted molar refractivity (Wildman–Crippen MR) is 58.1 cm³/mol. The molecule has 0 saturated heterocycles. The number of para-hydroxylation sites is 1. The average molecular weight is 220 g/mol. The van der Waals surface area contributed by atoms with Crippen molar-refractivity contribution < 1.29 is 19.4 Å². The first-order valence-corrected chi connectivity index (χ1v) is 4.75. The van der Waals surface area contributed by atoms with E-state index in [1.54, 1.807) is 24.3 Å². The van der Waals surface area contributed by atoms with Crippen LogP contribution in [0.25, 0.3) is 0 Å². The molecule has 1 rings (SSSR count). The van der Waals surface area contributed by atoms with Gasteiger partial charge in [0.15, 0.2) is 0 Å². The highest BCUT2D eigenvalue weighted by Gasteiger charge is 2.07. The Balaban J connectivity index is 2.59. The summed E-state index contributed by atoms with van der Waals surface area (Å²) < 4.78 is 5.01. The van der Waals surface area contributed by atoms with E-state index in [4.69, 9.17) is 9.84 Å². The molecule has 16 heavy (non-hydrogen) atoms. The minimum Gasteiger partial charge on any atom is -0.481 e. The van der Waals surface area contributed by atoms with Gasteiger partial charge in [0.25, 0.3) is 0 Å². The van der Waals surface area contributed by atoms with Crippen molar-refractivity contribution in [3.8, 4) is 5.75 Å². The molecule has 84 valence electrons. The van der Waals surface area contributed by atoms with Crippen LogP contribution in [-0.2, 0) is 9.59 Å². The normalized spacial score (nSPS) is 10.9. The van der Waals surface area contributed by atoms with E-state index in [1.807, 2.05) is 6.07 Å². The van der Waals surface area contributed by atoms with Gasteiger partial charge in [0.1, 0.15) is 5.75 Å². The van der Waals surface area contributed by atoms with Gasteiger partial charge in [-0.25, -0.2) is 4.79 Å². The van der Waals surface area contributed by atoms with Crippen molar-refractivity contribution in [3.05, 3.63) is 42.0 Å². The van der Waals surface area contributed by atoms with Crippen LogP contribution in [0.5, 0.6) is 5.75 Å². The molecule has 0 fully saturated rings. The van der Waals surface area contributed by atoms with Gasteiger partial charge in [-0.1, -0.05) is 24.3 Å². The summed E-state index contributed by atoms with van der Waals surface area (Å²) in [5.41, 5.74) is 0.284. The molecule has 0 spiro atoms. The summed E-state index contributed by atoms with van der Waals surface area (Å²) in [6, 6.07) is 8.62. The van der Waals surface area contributed by atoms with Gasteiger partial charge < -0.3 is 9.84 Å². The Morgan fingerprint density at radius 3 is 2.50 bits per heavy atom. The van der Waals surface area contributed by atoms with E-state index in [0.717, 1.165) is 0 Å². The van der Waals surface area contributed by atoms with Crippen LogP contribution >= 0.6 is 0 Å². The van der Waals surface area contributed by atoms with E-state index >= 15 is 0 Å². The number of benzene rings is 1. The maximum absolute atomic E-state index is 11.4. The number of carbonyl (C=O) groups is 2. The summed E-state index contributed by atoms with van der Waals surface area (Å²) in [6.07, 6.45) is 1.14. The van der Waals surface area contributed by atoms with Crippen LogP contribution < -0.4 is 4.74 Å². The summed E-state index contributed by atoms with van der Waals surface area (Å²) in [4.78, 5) is 21.7. The number of ether oxygens (including phenoxy) is 1. The van der Waals surface area contributed by atoms with Crippen molar-refractivity contribution in [1.82, 2.24) is 0 Å². The molecule has 4 nitrogen and oxygen atoms in total. The first-order valence-electron chi connectivity index (χ1n) is 4.75. The molecule has 0 unspecified atom stereocenters. The van der Waals surface area contributed by atoms with Crippen LogP contribution in [-0.4, -0.2) is 17.0 Å². The molecule has 0 heterocycles. The summed E-state index contributed by atoms with van der Waals surface area (Å²) in [5.74, 6) is -1.07. The van der Waals surface area contributed by atoms with E-state index in [0.29, 0.717) is 5.75 Å². The summed E-state index contributed by atoms with van der Waals surface area (Å²) >= 11 is 0. The van der Waals surface area contributed by atoms with Crippen molar-refractivity contribution in [2.75, 3.05) is 0 Å². The molecule has 0 radical (unpaired) electrons. The largest absolute Gasteiger partial charge is 0.481 e. The SMILES string of the molecule is CC(=CCC(=O)O)C(=O)Oc1ccccc1. The highest BCUT2D eigenvalue weighted by molar-refractivity contribution is 5.90. The lowest BCUT2D eigenvalue weighted by Gasteiger charge is -2.03. The van der Waals surface area contributed by atoms with Crippen molar-refractivity contribution in [2.24, 2.45) is 0 Å². The number of rotatable bonds is 4. The second-order valence-corrected chi connectivity index (χ2v) is 3.19. The number of carbonyl (C=O) groups excluding carboxylic acids is 1. The van der Waals surface area contributed by atoms with E-state index < -0.39 is 11.9 Å². The molecule has 0 saturated carbocycles. The Morgan fingerprint density at radius 1 is 1.31 bits per heavy atom. The van der Waals surface area contributed by atoms with Gasteiger partial charge in [0, 0.05) is 5.57 Å². The summed E-state index contributed by atoms with van der Waals surface area (Å²) in [5, 5.41) is 8.44. The highest BCUT2D eigenvalue weighted by atomic mass is 16.5. The van der Waals surface area contributed by atoms with Gasteiger partial charge >= 0.3 is 11.9 Å². The third kappa shape index (κ3) is 3.96. The van der Waals surface area contributed by atoms with Gasteiger partial charge in [0.05, 0.1) is 6.42 Å². The Bertz CT molecular complexity index is 406. The fourth-order valence-electron chi connectivity index (χ4n) is 1.000. The highest BCUT2D eigenvalue weighted by Crippen LogP contribution is 2.10. The van der Waals surface area contributed by atoms with Crippen LogP contribution in [0.1, 0.15) is 13.3 Å². The molecule has 1 N–H and O–H groups in total. The number of hydrogen-bond donors (Lipinski definition) is 1. The third-order valence-corrected chi connectivity index (χ3v) is 1.86. The second-order valence-electron chi connectivity index (χ2n) is 3.19. The van der Waals surface area contributed by atoms with Crippen LogP contribution in [0.4, 0.5) is 0 Å². The van der Waals surface area contributed by atoms with Gasteiger partial charge in [-0.15, -0.1) is 0 Å². The fraction of sp³-hybridized carbons (Fsp3) is 0.167. The molecular weight excluding hydrogens is 208 g/mol. The van der Waals surface area contributed by atoms with Crippen molar-refractivity contribution >= 4 is 11.9 Å². The van der Waals surface area contributed by atoms with E-state index in [9.17, 15) is 9.59 Å². The number of aliphatic carboxylic acids is 1. The van der Waals surface area contributed by atoms with Gasteiger partial charge in [-0.05, 0) is 19.1 Å². The molecular formula is C12H12O4. The molecule has 0 aliphatic carbocycles. The molecule has 0 aliphatic heterocycles. The summed E-state index contributed by atoms with van der Waals surface area (Å²) in [7, 11) is 0. The van der Waals surface area contributed by atoms with Gasteiger partial charge in [0.2, 0.25) is 0 Å². The van der Waals surface area contributed by atoms with Gasteiger partial charge in [-0.3, -0.25) is 4.79 Å². The van der Waals surface area contributed by atoms with Crippen LogP contribution in [0.3, 0.4) is 0 Å². The van der Waals surface area contributed by atoms with E-state index in [1.165, 1.54) is 13.0 Å². The lowest BCUT2D eigenvalue weighted by atomic mass is 10.2. The number of hydrogen-bond acceptors (Lipinski definition) is 3. The van der Waals surface area contributed by atoms with Gasteiger partial charge in [-0.2, -0.15) is 0 Å². The lowest BCUT2D eigenvalue weighted by Crippen LogP contribution is -2.09. The maximum atomic E-state index is 11.4. The molecule has 0 bridgehead atoms. The minimum atomic E-state index is -0.980. The molecule has 0 aromatic heterocycles. The van der Waals surface area contributed by atoms with E-state index in [2.05, 4.69) is 0 Å². The number of carboxylic acid groups (broad SMARTS) is 1. The molecule has 0 amide bonds. The smallest absolute Gasteiger partial charge is 0.338 e. The quantitative estimate of drug-likeness (QED) is 0.479. The molecule has 0 atom stereocenters. The zero-order valence-electron chi connectivity index (χ0n) is 8.84. The lowest BCUT2D eigenvalue weighted by molar-refractivity contribution is -0.136. The number of esters is 1. The topological polar surface area (TPSA) is 63.6 Å². The zero-order valence-corrected chi connectivity index (χ0v) is 8.84. The second kappa shape index (κ2) is 5.70. The summed E-state index contributed by atoms with van der Waals surface area (Å²) in [6.45, 7) is 1.52. The first kappa shape index (κ1) is 12.0. The standard InChI is InChI=1S/C12H12O4/c1-9(7-8-11(13)14)12(15)16-10-5-3-2-4-6-10/h2-7H,8H2,1H3,(H,13,14). The first-order chi connectivity index (χ1) is 7.59. The van der Waals surface area contributed by atoms with Crippen molar-refractivity contribution in [2.45, 2.75) is 13.3 Å². The third-order valence-electron chi connectivity index (χ3n) is 1.86. The van der Waals surface area contributed by atoms with Crippen molar-refractivity contribution in [1.29, 1.82) is 0 Å². The Hall–Kier alpha value is -2.10. The minimum absolute atomic E-state index is 0.185. The Kier molecular flexibility index (Phi) is 4.27. The Labute approximate surface area is 93.2 Å². The monoisotopic (exact) mass is 220 g/mol. The molecule has 1 aromatic rings. The fourth-order valence-corrected chi connectivity index (χ4v) is 1.000. The zero-order chi connectivity index (χ0) is 12.0. The maximum Gasteiger partial charge on any atom is 0.338 e. The van der Waals surface area contributed by atoms with Crippen LogP contribution in [0.2, 0.25) is 0 Å². The van der Waals surface area contributed by atoms with Crippen LogP contribution in [0.15, 0.2) is 42.0 Å². The van der Waals surface area contributed by atoms with E-state index in [-0.39, 0.29) is 12.0 Å². The van der Waals surface area contributed by atoms with Crippen LogP contribution in [0, 0.1) is 0 Å². The number of carboxylic acids is 1. The molecule has 4 heteroatoms. The molecule has 0 aliphatic rings. The molecule has 1 aromatic carbocycles.